The van der Waals surface area contributed by atoms with Crippen LogP contribution in [-0.2, 0) is 0 Å². The van der Waals surface area contributed by atoms with Gasteiger partial charge < -0.3 is 10.6 Å². The summed E-state index contributed by atoms with van der Waals surface area (Å²) < 4.78 is 1.12. The molecular weight excluding hydrogens is 244 g/mol. The van der Waals surface area contributed by atoms with Gasteiger partial charge >= 0.3 is 0 Å². The normalized spacial score (nSPS) is 14.9. The van der Waals surface area contributed by atoms with Crippen molar-refractivity contribution in [2.45, 2.75) is 12.8 Å². The molecule has 1 amide bonds. The van der Waals surface area contributed by atoms with E-state index in [1.165, 1.54) is 12.8 Å². The molecule has 1 aliphatic carbocycles. The Kier molecular flexibility index (Phi) is 2.74. The maximum atomic E-state index is 12.3. The summed E-state index contributed by atoms with van der Waals surface area (Å²) in [6.45, 7) is 0.884. The molecule has 1 aliphatic rings. The first-order valence-electron chi connectivity index (χ1n) is 6.18. The van der Waals surface area contributed by atoms with Gasteiger partial charge in [-0.2, -0.15) is 0 Å². The standard InChI is InChI=1S/C14H16N2OS/c1-16(8-9-2-3-9)14(17)13-7-10-6-11(15)4-5-12(10)18-13/h4-7,9H,2-3,8,15H2,1H3. The van der Waals surface area contributed by atoms with Crippen molar-refractivity contribution in [3.05, 3.63) is 29.1 Å². The molecule has 1 heterocycles. The van der Waals surface area contributed by atoms with Gasteiger partial charge in [0.05, 0.1) is 4.88 Å². The third-order valence-electron chi connectivity index (χ3n) is 3.33. The van der Waals surface area contributed by atoms with Gasteiger partial charge in [-0.05, 0) is 48.4 Å². The summed E-state index contributed by atoms with van der Waals surface area (Å²) in [6, 6.07) is 7.72. The molecule has 0 aliphatic heterocycles. The van der Waals surface area contributed by atoms with Crippen LogP contribution >= 0.6 is 11.3 Å². The molecule has 94 valence electrons. The minimum atomic E-state index is 0.127. The van der Waals surface area contributed by atoms with Gasteiger partial charge in [-0.15, -0.1) is 11.3 Å². The summed E-state index contributed by atoms with van der Waals surface area (Å²) in [7, 11) is 1.89. The van der Waals surface area contributed by atoms with Crippen molar-refractivity contribution in [2.75, 3.05) is 19.3 Å². The molecule has 1 aromatic carbocycles. The maximum Gasteiger partial charge on any atom is 0.263 e. The highest BCUT2D eigenvalue weighted by molar-refractivity contribution is 7.20. The lowest BCUT2D eigenvalue weighted by molar-refractivity contribution is 0.0793. The SMILES string of the molecule is CN(CC1CC1)C(=O)c1cc2cc(N)ccc2s1. The van der Waals surface area contributed by atoms with E-state index >= 15 is 0 Å². The minimum absolute atomic E-state index is 0.127. The first kappa shape index (κ1) is 11.5. The summed E-state index contributed by atoms with van der Waals surface area (Å²) in [5, 5.41) is 1.06. The van der Waals surface area contributed by atoms with Gasteiger partial charge in [0.25, 0.3) is 5.91 Å². The van der Waals surface area contributed by atoms with Gasteiger partial charge in [-0.25, -0.2) is 0 Å². The van der Waals surface area contributed by atoms with Crippen LogP contribution in [0.25, 0.3) is 10.1 Å². The molecule has 0 bridgehead atoms. The topological polar surface area (TPSA) is 46.3 Å². The van der Waals surface area contributed by atoms with Crippen LogP contribution in [0.3, 0.4) is 0 Å². The van der Waals surface area contributed by atoms with Gasteiger partial charge in [0.1, 0.15) is 0 Å². The molecule has 2 N–H and O–H groups in total. The van der Waals surface area contributed by atoms with Crippen LogP contribution in [0.1, 0.15) is 22.5 Å². The van der Waals surface area contributed by atoms with Crippen molar-refractivity contribution in [1.29, 1.82) is 0 Å². The summed E-state index contributed by atoms with van der Waals surface area (Å²) in [5.41, 5.74) is 6.49. The molecule has 18 heavy (non-hydrogen) atoms. The van der Waals surface area contributed by atoms with Crippen LogP contribution in [0.5, 0.6) is 0 Å². The van der Waals surface area contributed by atoms with Gasteiger partial charge in [-0.3, -0.25) is 4.79 Å². The number of rotatable bonds is 3. The lowest BCUT2D eigenvalue weighted by atomic mass is 10.2. The second kappa shape index (κ2) is 4.28. The predicted octanol–water partition coefficient (Wildman–Crippen LogP) is 2.97. The second-order valence-corrected chi connectivity index (χ2v) is 6.12. The Morgan fingerprint density at radius 1 is 1.44 bits per heavy atom. The fourth-order valence-electron chi connectivity index (χ4n) is 2.13. The third kappa shape index (κ3) is 2.20. The quantitative estimate of drug-likeness (QED) is 0.862. The molecule has 1 saturated carbocycles. The van der Waals surface area contributed by atoms with E-state index in [2.05, 4.69) is 0 Å². The van der Waals surface area contributed by atoms with E-state index in [9.17, 15) is 4.79 Å². The molecule has 3 nitrogen and oxygen atoms in total. The van der Waals surface area contributed by atoms with Crippen molar-refractivity contribution in [3.8, 4) is 0 Å². The number of fused-ring (bicyclic) bond motifs is 1. The van der Waals surface area contributed by atoms with Crippen molar-refractivity contribution >= 4 is 33.0 Å². The number of hydrogen-bond acceptors (Lipinski definition) is 3. The van der Waals surface area contributed by atoms with Crippen LogP contribution in [0.4, 0.5) is 5.69 Å². The molecule has 3 rings (SSSR count). The van der Waals surface area contributed by atoms with Crippen LogP contribution in [0.15, 0.2) is 24.3 Å². The molecule has 1 fully saturated rings. The smallest absolute Gasteiger partial charge is 0.263 e. The second-order valence-electron chi connectivity index (χ2n) is 5.04. The molecule has 4 heteroatoms. The van der Waals surface area contributed by atoms with E-state index in [-0.39, 0.29) is 5.91 Å². The zero-order valence-corrected chi connectivity index (χ0v) is 11.2. The molecular formula is C14H16N2OS. The van der Waals surface area contributed by atoms with E-state index in [1.807, 2.05) is 36.2 Å². The van der Waals surface area contributed by atoms with E-state index in [0.29, 0.717) is 0 Å². The summed E-state index contributed by atoms with van der Waals surface area (Å²) >= 11 is 1.54. The van der Waals surface area contributed by atoms with E-state index < -0.39 is 0 Å². The highest BCUT2D eigenvalue weighted by Crippen LogP contribution is 2.31. The number of benzene rings is 1. The van der Waals surface area contributed by atoms with Gasteiger partial charge in [0.15, 0.2) is 0 Å². The fraction of sp³-hybridized carbons (Fsp3) is 0.357. The number of nitrogens with zero attached hydrogens (tertiary/aromatic N) is 1. The summed E-state index contributed by atoms with van der Waals surface area (Å²) in [6.07, 6.45) is 2.53. The zero-order valence-electron chi connectivity index (χ0n) is 10.3. The lowest BCUT2D eigenvalue weighted by Gasteiger charge is -2.15. The average molecular weight is 260 g/mol. The maximum absolute atomic E-state index is 12.3. The Labute approximate surface area is 110 Å². The lowest BCUT2D eigenvalue weighted by Crippen LogP contribution is -2.27. The highest BCUT2D eigenvalue weighted by Gasteiger charge is 2.25. The van der Waals surface area contributed by atoms with E-state index in [1.54, 1.807) is 11.3 Å². The minimum Gasteiger partial charge on any atom is -0.399 e. The van der Waals surface area contributed by atoms with Crippen molar-refractivity contribution in [1.82, 2.24) is 4.90 Å². The monoisotopic (exact) mass is 260 g/mol. The summed E-state index contributed by atoms with van der Waals surface area (Å²) in [5.74, 6) is 0.852. The van der Waals surface area contributed by atoms with Gasteiger partial charge in [0.2, 0.25) is 0 Å². The largest absolute Gasteiger partial charge is 0.399 e. The van der Waals surface area contributed by atoms with Gasteiger partial charge in [-0.1, -0.05) is 0 Å². The predicted molar refractivity (Wildman–Crippen MR) is 75.9 cm³/mol. The Morgan fingerprint density at radius 3 is 2.94 bits per heavy atom. The Balaban J connectivity index is 1.86. The van der Waals surface area contributed by atoms with Crippen molar-refractivity contribution < 1.29 is 4.79 Å². The number of hydrogen-bond donors (Lipinski definition) is 1. The molecule has 0 spiro atoms. The van der Waals surface area contributed by atoms with E-state index in [4.69, 9.17) is 5.73 Å². The number of anilines is 1. The molecule has 0 atom stereocenters. The average Bonchev–Trinajstić information content (AvgIpc) is 3.05. The Hall–Kier alpha value is -1.55. The fourth-order valence-corrected chi connectivity index (χ4v) is 3.16. The third-order valence-corrected chi connectivity index (χ3v) is 4.43. The zero-order chi connectivity index (χ0) is 12.7. The Morgan fingerprint density at radius 2 is 2.22 bits per heavy atom. The first-order chi connectivity index (χ1) is 8.63. The van der Waals surface area contributed by atoms with E-state index in [0.717, 1.165) is 33.1 Å². The molecule has 0 saturated heterocycles. The Bertz CT molecular complexity index is 601. The number of carbonyl (C=O) groups excluding carboxylic acids is 1. The number of nitrogen functional groups attached to an aromatic ring is 1. The van der Waals surface area contributed by atoms with Crippen molar-refractivity contribution in [3.63, 3.8) is 0 Å². The first-order valence-corrected chi connectivity index (χ1v) is 6.99. The van der Waals surface area contributed by atoms with Crippen LogP contribution in [0, 0.1) is 5.92 Å². The number of thiophene rings is 1. The van der Waals surface area contributed by atoms with Gasteiger partial charge in [0, 0.05) is 24.0 Å². The molecule has 0 unspecified atom stereocenters. The molecule has 0 radical (unpaired) electrons. The van der Waals surface area contributed by atoms with Crippen LogP contribution in [0.2, 0.25) is 0 Å². The number of carbonyl (C=O) groups is 1. The number of nitrogens with two attached hydrogens (primary N) is 1. The van der Waals surface area contributed by atoms with Crippen LogP contribution < -0.4 is 5.73 Å². The number of amides is 1. The summed E-state index contributed by atoms with van der Waals surface area (Å²) in [4.78, 5) is 14.9. The molecule has 2 aromatic rings. The van der Waals surface area contributed by atoms with Crippen LogP contribution in [-0.4, -0.2) is 24.4 Å². The van der Waals surface area contributed by atoms with Crippen molar-refractivity contribution in [2.24, 2.45) is 5.92 Å². The molecule has 1 aromatic heterocycles. The highest BCUT2D eigenvalue weighted by atomic mass is 32.1.